The van der Waals surface area contributed by atoms with Crippen LogP contribution in [0, 0.1) is 23.2 Å². The molecule has 124 valence electrons. The van der Waals surface area contributed by atoms with Crippen molar-refractivity contribution in [1.82, 2.24) is 24.6 Å². The molecule has 3 aromatic heterocycles. The fourth-order valence-corrected chi connectivity index (χ4v) is 4.35. The first-order valence-electron chi connectivity index (χ1n) is 8.85. The third-order valence-electron chi connectivity index (χ3n) is 5.52. The van der Waals surface area contributed by atoms with Gasteiger partial charge in [0.2, 0.25) is 0 Å². The normalized spacial score (nSPS) is 23.9. The Morgan fingerprint density at radius 2 is 2.29 bits per heavy atom. The lowest BCUT2D eigenvalue weighted by atomic mass is 9.93. The molecule has 0 aromatic carbocycles. The van der Waals surface area contributed by atoms with Crippen molar-refractivity contribution < 1.29 is 0 Å². The zero-order chi connectivity index (χ0) is 16.5. The Morgan fingerprint density at radius 1 is 1.38 bits per heavy atom. The Hall–Kier alpha value is -2.42. The number of unbranched alkanes of at least 4 members (excludes halogenated alkanes) is 1. The molecule has 24 heavy (non-hydrogen) atoms. The summed E-state index contributed by atoms with van der Waals surface area (Å²) >= 11 is 0. The molecule has 3 heterocycles. The second kappa shape index (κ2) is 6.23. The van der Waals surface area contributed by atoms with E-state index in [9.17, 15) is 0 Å². The largest absolute Gasteiger partial charge is 0.345 e. The van der Waals surface area contributed by atoms with Gasteiger partial charge in [0.05, 0.1) is 17.8 Å². The molecule has 0 aliphatic heterocycles. The van der Waals surface area contributed by atoms with Crippen LogP contribution in [-0.4, -0.2) is 24.6 Å². The number of hydrogen-bond acceptors (Lipinski definition) is 4. The summed E-state index contributed by atoms with van der Waals surface area (Å²) in [6.07, 6.45) is 10.1. The van der Waals surface area contributed by atoms with Crippen molar-refractivity contribution in [2.24, 2.45) is 11.8 Å². The monoisotopic (exact) mass is 322 g/mol. The van der Waals surface area contributed by atoms with Crippen LogP contribution in [0.5, 0.6) is 0 Å². The Kier molecular flexibility index (Phi) is 3.93. The van der Waals surface area contributed by atoms with Crippen LogP contribution in [0.3, 0.4) is 0 Å². The number of nitriles is 1. The van der Waals surface area contributed by atoms with Gasteiger partial charge in [0, 0.05) is 18.5 Å². The Balaban J connectivity index is 1.68. The molecule has 1 aliphatic rings. The van der Waals surface area contributed by atoms with Crippen molar-refractivity contribution in [3.8, 4) is 6.07 Å². The zero-order valence-corrected chi connectivity index (χ0v) is 13.9. The fraction of sp³-hybridized carbons (Fsp3) is 0.556. The summed E-state index contributed by atoms with van der Waals surface area (Å²) in [5, 5.41) is 17.7. The Labute approximate surface area is 140 Å². The molecule has 1 N–H and O–H groups in total. The van der Waals surface area contributed by atoms with E-state index in [-0.39, 0.29) is 0 Å². The predicted molar refractivity (Wildman–Crippen MR) is 91.3 cm³/mol. The van der Waals surface area contributed by atoms with E-state index in [1.54, 1.807) is 6.20 Å². The van der Waals surface area contributed by atoms with E-state index < -0.39 is 0 Å². The number of H-pyrrole nitrogens is 1. The molecule has 0 saturated heterocycles. The van der Waals surface area contributed by atoms with E-state index in [0.717, 1.165) is 48.3 Å². The average molecular weight is 322 g/mol. The summed E-state index contributed by atoms with van der Waals surface area (Å²) in [5.41, 5.74) is 2.75. The highest BCUT2D eigenvalue weighted by molar-refractivity contribution is 5.74. The summed E-state index contributed by atoms with van der Waals surface area (Å²) in [6.45, 7) is 2.27. The van der Waals surface area contributed by atoms with E-state index in [2.05, 4.69) is 37.6 Å². The maximum absolute atomic E-state index is 8.76. The fourth-order valence-electron chi connectivity index (χ4n) is 4.35. The minimum absolute atomic E-state index is 0.442. The molecule has 6 nitrogen and oxygen atoms in total. The molecule has 6 heteroatoms. The maximum Gasteiger partial charge on any atom is 0.179 e. The summed E-state index contributed by atoms with van der Waals surface area (Å²) in [6, 6.07) is 4.30. The first kappa shape index (κ1) is 15.1. The van der Waals surface area contributed by atoms with Crippen molar-refractivity contribution in [3.63, 3.8) is 0 Å². The Bertz CT molecular complexity index is 886. The van der Waals surface area contributed by atoms with Crippen molar-refractivity contribution in [2.45, 2.75) is 51.4 Å². The molecule has 0 amide bonds. The van der Waals surface area contributed by atoms with Crippen LogP contribution in [0.15, 0.2) is 18.5 Å². The maximum atomic E-state index is 8.76. The second-order valence-corrected chi connectivity index (χ2v) is 6.88. The van der Waals surface area contributed by atoms with Gasteiger partial charge >= 0.3 is 0 Å². The van der Waals surface area contributed by atoms with Crippen LogP contribution in [0.2, 0.25) is 0 Å². The number of rotatable bonds is 5. The Morgan fingerprint density at radius 3 is 3.12 bits per heavy atom. The predicted octanol–water partition coefficient (Wildman–Crippen LogP) is 3.82. The summed E-state index contributed by atoms with van der Waals surface area (Å²) in [5.74, 6) is 2.86. The lowest BCUT2D eigenvalue weighted by Crippen LogP contribution is -2.09. The van der Waals surface area contributed by atoms with E-state index >= 15 is 0 Å². The number of hydrogen-bond donors (Lipinski definition) is 1. The highest BCUT2D eigenvalue weighted by Crippen LogP contribution is 2.46. The molecule has 1 fully saturated rings. The van der Waals surface area contributed by atoms with Crippen molar-refractivity contribution in [3.05, 3.63) is 24.3 Å². The molecular formula is C18H22N6. The number of aromatic amines is 1. The molecule has 3 atom stereocenters. The first-order valence-corrected chi connectivity index (χ1v) is 8.85. The summed E-state index contributed by atoms with van der Waals surface area (Å²) in [4.78, 5) is 7.57. The van der Waals surface area contributed by atoms with E-state index in [1.165, 1.54) is 6.42 Å². The van der Waals surface area contributed by atoms with Gasteiger partial charge in [-0.1, -0.05) is 13.3 Å². The molecule has 0 spiro atoms. The van der Waals surface area contributed by atoms with E-state index in [4.69, 9.17) is 5.26 Å². The van der Waals surface area contributed by atoms with Crippen LogP contribution in [0.1, 0.15) is 57.2 Å². The molecule has 0 unspecified atom stereocenters. The average Bonchev–Trinajstić information content (AvgIpc) is 3.31. The van der Waals surface area contributed by atoms with Crippen LogP contribution < -0.4 is 0 Å². The second-order valence-electron chi connectivity index (χ2n) is 6.88. The van der Waals surface area contributed by atoms with Gasteiger partial charge in [-0.05, 0) is 43.6 Å². The minimum Gasteiger partial charge on any atom is -0.345 e. The number of nitrogens with zero attached hydrogens (tertiary/aromatic N) is 5. The molecule has 3 aromatic rings. The topological polar surface area (TPSA) is 82.7 Å². The van der Waals surface area contributed by atoms with Gasteiger partial charge in [0.15, 0.2) is 11.3 Å². The molecule has 0 radical (unpaired) electrons. The van der Waals surface area contributed by atoms with Gasteiger partial charge in [0.25, 0.3) is 0 Å². The lowest BCUT2D eigenvalue weighted by molar-refractivity contribution is 0.435. The van der Waals surface area contributed by atoms with Crippen molar-refractivity contribution >= 4 is 16.8 Å². The highest BCUT2D eigenvalue weighted by Gasteiger charge is 2.36. The molecule has 1 saturated carbocycles. The first-order chi connectivity index (χ1) is 11.8. The van der Waals surface area contributed by atoms with E-state index in [0.29, 0.717) is 24.2 Å². The minimum atomic E-state index is 0.442. The third-order valence-corrected chi connectivity index (χ3v) is 5.52. The van der Waals surface area contributed by atoms with Gasteiger partial charge < -0.3 is 4.98 Å². The van der Waals surface area contributed by atoms with Crippen molar-refractivity contribution in [1.29, 1.82) is 5.26 Å². The van der Waals surface area contributed by atoms with Gasteiger partial charge in [0.1, 0.15) is 5.82 Å². The van der Waals surface area contributed by atoms with Gasteiger partial charge in [-0.3, -0.25) is 4.40 Å². The van der Waals surface area contributed by atoms with Crippen LogP contribution in [0.25, 0.3) is 16.8 Å². The lowest BCUT2D eigenvalue weighted by Gasteiger charge is -2.16. The molecular weight excluding hydrogens is 300 g/mol. The smallest absolute Gasteiger partial charge is 0.179 e. The zero-order valence-electron chi connectivity index (χ0n) is 13.9. The van der Waals surface area contributed by atoms with Crippen LogP contribution >= 0.6 is 0 Å². The summed E-state index contributed by atoms with van der Waals surface area (Å²) < 4.78 is 2.17. The quantitative estimate of drug-likeness (QED) is 0.724. The molecule has 0 bridgehead atoms. The molecule has 4 rings (SSSR count). The number of nitrogens with one attached hydrogen (secondary N) is 1. The summed E-state index contributed by atoms with van der Waals surface area (Å²) in [7, 11) is 0. The third kappa shape index (κ3) is 2.44. The number of fused-ring (bicyclic) bond motifs is 3. The van der Waals surface area contributed by atoms with Gasteiger partial charge in [-0.2, -0.15) is 5.26 Å². The molecule has 1 aliphatic carbocycles. The number of aromatic nitrogens is 5. The standard InChI is InChI=1S/C18H22N6/c1-2-13-9-12(5-3-4-7-19)10-14(13)18-23-22-16-11-21-17-15(24(16)18)6-8-20-17/h6,8,11-14,20H,2-5,9-10H2,1H3/t12-,13+,14-/m0/s1. The van der Waals surface area contributed by atoms with Crippen molar-refractivity contribution in [2.75, 3.05) is 0 Å². The van der Waals surface area contributed by atoms with E-state index in [1.807, 2.05) is 12.3 Å². The van der Waals surface area contributed by atoms with Crippen LogP contribution in [-0.2, 0) is 0 Å². The van der Waals surface area contributed by atoms with Crippen LogP contribution in [0.4, 0.5) is 0 Å². The van der Waals surface area contributed by atoms with Gasteiger partial charge in [-0.25, -0.2) is 4.98 Å². The highest BCUT2D eigenvalue weighted by atomic mass is 15.3. The van der Waals surface area contributed by atoms with Gasteiger partial charge in [-0.15, -0.1) is 10.2 Å². The SMILES string of the molecule is CC[C@@H]1C[C@H](CCCC#N)C[C@@H]1c1nnc2cnc3[nH]ccc3n12.